The molecule has 0 unspecified atom stereocenters. The number of rotatable bonds is 2. The third kappa shape index (κ3) is 5.36. The van der Waals surface area contributed by atoms with Gasteiger partial charge in [0.05, 0.1) is 11.4 Å². The van der Waals surface area contributed by atoms with E-state index < -0.39 is 31.6 Å². The van der Waals surface area contributed by atoms with Crippen LogP contribution in [0.1, 0.15) is 23.1 Å². The van der Waals surface area contributed by atoms with Crippen molar-refractivity contribution in [1.82, 2.24) is 9.97 Å². The summed E-state index contributed by atoms with van der Waals surface area (Å²) in [6.07, 6.45) is 0. The first-order valence-electron chi connectivity index (χ1n) is 9.36. The van der Waals surface area contributed by atoms with Crippen molar-refractivity contribution in [3.8, 4) is 0 Å². The van der Waals surface area contributed by atoms with Crippen molar-refractivity contribution in [1.29, 1.82) is 0 Å². The number of pyridine rings is 2. The fourth-order valence-electron chi connectivity index (χ4n) is 2.96. The highest BCUT2D eigenvalue weighted by molar-refractivity contribution is 9.10. The topological polar surface area (TPSA) is 139 Å². The molecule has 0 amide bonds. The molecule has 0 atom stereocenters. The molecule has 4 rings (SSSR count). The molecule has 0 aromatic carbocycles. The van der Waals surface area contributed by atoms with Gasteiger partial charge in [-0.2, -0.15) is 0 Å². The van der Waals surface area contributed by atoms with Crippen molar-refractivity contribution < 1.29 is 26.5 Å². The number of aromatic nitrogens is 2. The van der Waals surface area contributed by atoms with E-state index in [-0.39, 0.29) is 11.4 Å². The van der Waals surface area contributed by atoms with Gasteiger partial charge in [-0.25, -0.2) is 26.8 Å². The summed E-state index contributed by atoms with van der Waals surface area (Å²) in [5, 5.41) is 3.84. The van der Waals surface area contributed by atoms with E-state index in [2.05, 4.69) is 47.0 Å². The zero-order valence-corrected chi connectivity index (χ0v) is 22.5. The maximum atomic E-state index is 12.0. The number of Topliss-reactive ketones (excluding diaryl/α,β-unsaturated/α-hetero) is 1. The van der Waals surface area contributed by atoms with Crippen LogP contribution in [0.5, 0.6) is 0 Å². The maximum Gasteiger partial charge on any atom is 0.242 e. The van der Waals surface area contributed by atoms with Gasteiger partial charge in [0, 0.05) is 14.1 Å². The number of hydrogen-bond donors (Lipinski definition) is 0. The van der Waals surface area contributed by atoms with Gasteiger partial charge in [0.25, 0.3) is 0 Å². The Hall–Kier alpha value is -2.10. The van der Waals surface area contributed by atoms with Gasteiger partial charge >= 0.3 is 0 Å². The van der Waals surface area contributed by atoms with Crippen LogP contribution in [0.3, 0.4) is 0 Å². The summed E-state index contributed by atoms with van der Waals surface area (Å²) in [4.78, 5) is 24.7. The quantitative estimate of drug-likeness (QED) is 0.366. The molecule has 11 nitrogen and oxygen atoms in total. The van der Waals surface area contributed by atoms with Crippen LogP contribution < -0.4 is 8.61 Å². The third-order valence-corrected chi connectivity index (χ3v) is 8.88. The number of nitrogens with zero attached hydrogens (tertiary/aromatic N) is 5. The summed E-state index contributed by atoms with van der Waals surface area (Å²) in [7, 11) is -3.99. The Bertz CT molecular complexity index is 1350. The second-order valence-corrected chi connectivity index (χ2v) is 12.5. The Morgan fingerprint density at radius 1 is 0.909 bits per heavy atom. The van der Waals surface area contributed by atoms with Crippen molar-refractivity contribution in [2.45, 2.75) is 6.92 Å². The van der Waals surface area contributed by atoms with Gasteiger partial charge in [0.2, 0.25) is 20.0 Å². The Morgan fingerprint density at radius 2 is 1.39 bits per heavy atom. The number of oxime groups is 1. The minimum absolute atomic E-state index is 0.196. The first-order valence-corrected chi connectivity index (χ1v) is 14.2. The van der Waals surface area contributed by atoms with Gasteiger partial charge in [-0.15, -0.1) is 0 Å². The number of sulfonamides is 2. The van der Waals surface area contributed by atoms with Crippen LogP contribution in [0.2, 0.25) is 0 Å². The standard InChI is InChI=1S/C10H12BrN3O3S.C8H7BrN2O3S/c1-3-17-13-7-6-18(15,16)14(2)8-4-5-9(11)12-10(7)8;1-11-5-2-3-7(9)10-8(5)6(12)4-15(11,13)14/h4-5H,3,6H2,1-2H3;2-3H,4H2,1H3/b13-7+;. The lowest BCUT2D eigenvalue weighted by Gasteiger charge is -2.26. The van der Waals surface area contributed by atoms with Crippen molar-refractivity contribution in [3.63, 3.8) is 0 Å². The van der Waals surface area contributed by atoms with Crippen molar-refractivity contribution in [2.24, 2.45) is 5.16 Å². The number of hydrogen-bond acceptors (Lipinski definition) is 9. The monoisotopic (exact) mass is 623 g/mol. The molecule has 15 heteroatoms. The second-order valence-electron chi connectivity index (χ2n) is 6.83. The fourth-order valence-corrected chi connectivity index (χ4v) is 5.87. The van der Waals surface area contributed by atoms with Crippen LogP contribution in [0.25, 0.3) is 0 Å². The molecule has 4 heterocycles. The molecular formula is C18H19Br2N5O6S2. The summed E-state index contributed by atoms with van der Waals surface area (Å²) < 4.78 is 50.4. The zero-order valence-electron chi connectivity index (χ0n) is 17.7. The van der Waals surface area contributed by atoms with Crippen LogP contribution in [-0.4, -0.2) is 70.5 Å². The maximum absolute atomic E-state index is 12.0. The van der Waals surface area contributed by atoms with Gasteiger partial charge in [0.15, 0.2) is 5.78 Å². The lowest BCUT2D eigenvalue weighted by molar-refractivity contribution is 0.101. The van der Waals surface area contributed by atoms with Crippen LogP contribution in [0.15, 0.2) is 38.6 Å². The second kappa shape index (κ2) is 9.64. The van der Waals surface area contributed by atoms with E-state index in [1.807, 2.05) is 0 Å². The Morgan fingerprint density at radius 3 is 1.94 bits per heavy atom. The molecular weight excluding hydrogens is 606 g/mol. The highest BCUT2D eigenvalue weighted by Gasteiger charge is 2.34. The Balaban J connectivity index is 0.000000189. The van der Waals surface area contributed by atoms with Gasteiger partial charge < -0.3 is 4.84 Å². The Kier molecular flexibility index (Phi) is 7.45. The van der Waals surface area contributed by atoms with Crippen LogP contribution >= 0.6 is 31.9 Å². The first-order chi connectivity index (χ1) is 15.4. The van der Waals surface area contributed by atoms with Crippen molar-refractivity contribution in [2.75, 3.05) is 40.8 Å². The molecule has 2 aliphatic heterocycles. The molecule has 0 fully saturated rings. The molecule has 2 aliphatic rings. The summed E-state index contributed by atoms with van der Waals surface area (Å²) in [5.74, 6) is -1.19. The molecule has 178 valence electrons. The van der Waals surface area contributed by atoms with E-state index in [4.69, 9.17) is 4.84 Å². The minimum Gasteiger partial charge on any atom is -0.396 e. The lowest BCUT2D eigenvalue weighted by atomic mass is 10.2. The first kappa shape index (κ1) is 25.5. The number of ketones is 1. The van der Waals surface area contributed by atoms with E-state index in [9.17, 15) is 21.6 Å². The largest absolute Gasteiger partial charge is 0.396 e. The predicted octanol–water partition coefficient (Wildman–Crippen LogP) is 2.17. The lowest BCUT2D eigenvalue weighted by Crippen LogP contribution is -2.39. The molecule has 0 aliphatic carbocycles. The summed E-state index contributed by atoms with van der Waals surface area (Å²) >= 11 is 6.39. The summed E-state index contributed by atoms with van der Waals surface area (Å²) in [6, 6.07) is 6.53. The highest BCUT2D eigenvalue weighted by atomic mass is 79.9. The third-order valence-electron chi connectivity index (χ3n) is 4.67. The summed E-state index contributed by atoms with van der Waals surface area (Å²) in [5.41, 5.74) is 1.88. The number of carbonyl (C=O) groups excluding carboxylic acids is 1. The summed E-state index contributed by atoms with van der Waals surface area (Å²) in [6.45, 7) is 2.16. The van der Waals surface area contributed by atoms with E-state index in [1.54, 1.807) is 31.2 Å². The molecule has 2 aromatic rings. The van der Waals surface area contributed by atoms with Crippen LogP contribution in [-0.2, 0) is 24.9 Å². The van der Waals surface area contributed by atoms with Gasteiger partial charge in [-0.05, 0) is 63.0 Å². The minimum atomic E-state index is -3.51. The van der Waals surface area contributed by atoms with Crippen LogP contribution in [0, 0.1) is 0 Å². The van der Waals surface area contributed by atoms with Gasteiger partial charge in [0.1, 0.15) is 44.4 Å². The molecule has 33 heavy (non-hydrogen) atoms. The molecule has 0 spiro atoms. The zero-order chi connectivity index (χ0) is 24.6. The van der Waals surface area contributed by atoms with Crippen LogP contribution in [0.4, 0.5) is 11.4 Å². The predicted molar refractivity (Wildman–Crippen MR) is 131 cm³/mol. The van der Waals surface area contributed by atoms with Gasteiger partial charge in [-0.3, -0.25) is 13.4 Å². The molecule has 0 radical (unpaired) electrons. The number of halogens is 2. The number of fused-ring (bicyclic) bond motifs is 2. The van der Waals surface area contributed by atoms with Crippen molar-refractivity contribution >= 4 is 74.8 Å². The van der Waals surface area contributed by atoms with E-state index in [1.165, 1.54) is 18.4 Å². The normalized spacial score (nSPS) is 19.3. The van der Waals surface area contributed by atoms with E-state index in [0.29, 0.717) is 38.6 Å². The average Bonchev–Trinajstić information content (AvgIpc) is 2.74. The SMILES string of the molecule is CCO/N=C1\CS(=O)(=O)N(C)c2ccc(Br)nc21.CN1c2ccc(Br)nc2C(=O)CS1(=O)=O. The molecule has 0 saturated carbocycles. The number of carbonyl (C=O) groups is 1. The molecule has 0 bridgehead atoms. The average molecular weight is 625 g/mol. The molecule has 0 saturated heterocycles. The highest BCUT2D eigenvalue weighted by Crippen LogP contribution is 2.29. The van der Waals surface area contributed by atoms with Gasteiger partial charge in [-0.1, -0.05) is 5.16 Å². The Labute approximate surface area is 208 Å². The molecule has 0 N–H and O–H groups in total. The van der Waals surface area contributed by atoms with E-state index in [0.717, 1.165) is 4.31 Å². The molecule has 2 aromatic heterocycles. The van der Waals surface area contributed by atoms with Crippen molar-refractivity contribution in [3.05, 3.63) is 44.9 Å². The smallest absolute Gasteiger partial charge is 0.242 e. The number of anilines is 2. The van der Waals surface area contributed by atoms with E-state index >= 15 is 0 Å². The fraction of sp³-hybridized carbons (Fsp3) is 0.333.